The first-order chi connectivity index (χ1) is 18.4. The number of fused-ring (bicyclic) bond motifs is 1. The molecule has 1 saturated heterocycles. The fraction of sp³-hybridized carbons (Fsp3) is 0.346. The summed E-state index contributed by atoms with van der Waals surface area (Å²) in [4.78, 5) is 42.8. The van der Waals surface area contributed by atoms with E-state index in [0.717, 1.165) is 12.8 Å². The molecule has 4 aromatic rings. The zero-order valence-corrected chi connectivity index (χ0v) is 22.0. The molecular formula is C26H27ClN6O5. The van der Waals surface area contributed by atoms with Crippen molar-refractivity contribution in [3.8, 4) is 17.1 Å². The number of imidazole rings is 1. The third-order valence-electron chi connectivity index (χ3n) is 6.83. The second kappa shape index (κ2) is 10.4. The Labute approximate surface area is 223 Å². The lowest BCUT2D eigenvalue weighted by molar-refractivity contribution is 0.0599. The van der Waals surface area contributed by atoms with E-state index in [9.17, 15) is 14.7 Å². The van der Waals surface area contributed by atoms with Crippen LogP contribution in [0, 0.1) is 0 Å². The van der Waals surface area contributed by atoms with Gasteiger partial charge in [0.2, 0.25) is 5.95 Å². The molecule has 0 saturated carbocycles. The van der Waals surface area contributed by atoms with Gasteiger partial charge in [-0.3, -0.25) is 9.36 Å². The quantitative estimate of drug-likeness (QED) is 0.353. The maximum Gasteiger partial charge on any atom is 0.344 e. The number of nitrogens with zero attached hydrogens (tertiary/aromatic N) is 6. The zero-order valence-electron chi connectivity index (χ0n) is 21.2. The van der Waals surface area contributed by atoms with Crippen molar-refractivity contribution < 1.29 is 19.4 Å². The molecule has 1 aromatic carbocycles. The van der Waals surface area contributed by atoms with Gasteiger partial charge in [-0.05, 0) is 30.5 Å². The number of carbonyl (C=O) groups excluding carboxylic acids is 1. The molecule has 1 fully saturated rings. The molecule has 38 heavy (non-hydrogen) atoms. The highest BCUT2D eigenvalue weighted by Gasteiger charge is 2.30. The summed E-state index contributed by atoms with van der Waals surface area (Å²) in [6.07, 6.45) is 6.60. The van der Waals surface area contributed by atoms with Gasteiger partial charge in [-0.1, -0.05) is 17.7 Å². The van der Waals surface area contributed by atoms with Crippen LogP contribution in [0.2, 0.25) is 5.02 Å². The molecule has 4 heterocycles. The first-order valence-corrected chi connectivity index (χ1v) is 12.4. The van der Waals surface area contributed by atoms with Crippen LogP contribution in [-0.4, -0.2) is 68.6 Å². The minimum absolute atomic E-state index is 0.0294. The molecule has 0 spiro atoms. The van der Waals surface area contributed by atoms with Crippen LogP contribution >= 0.6 is 11.6 Å². The van der Waals surface area contributed by atoms with Gasteiger partial charge < -0.3 is 24.0 Å². The third-order valence-corrected chi connectivity index (χ3v) is 7.12. The number of aliphatic hydroxyl groups excluding tert-OH is 1. The van der Waals surface area contributed by atoms with Crippen LogP contribution in [0.5, 0.6) is 5.75 Å². The van der Waals surface area contributed by atoms with Crippen LogP contribution in [0.4, 0.5) is 5.95 Å². The standard InChI is InChI=1S/C26H27ClN6O5/c1-31-10-8-28-23(31)20-17-12-29-26(32-9-4-5-16(32)14-34)30-22(17)33(24(35)21(20)25(36)38-3)13-15-6-7-19(37-2)18(27)11-15/h6-8,10-12,16,34H,4-5,9,13-14H2,1-3H3/t16-/m0/s1. The molecule has 0 aliphatic carbocycles. The van der Waals surface area contributed by atoms with Crippen molar-refractivity contribution in [2.45, 2.75) is 25.4 Å². The van der Waals surface area contributed by atoms with E-state index in [2.05, 4.69) is 9.97 Å². The first-order valence-electron chi connectivity index (χ1n) is 12.1. The number of rotatable bonds is 7. The number of methoxy groups -OCH3 is 2. The molecule has 1 atom stereocenters. The largest absolute Gasteiger partial charge is 0.495 e. The zero-order chi connectivity index (χ0) is 27.0. The maximum atomic E-state index is 14.0. The number of pyridine rings is 1. The van der Waals surface area contributed by atoms with Crippen molar-refractivity contribution in [2.75, 3.05) is 32.3 Å². The minimum atomic E-state index is -0.791. The molecule has 0 amide bonds. The number of hydrogen-bond acceptors (Lipinski definition) is 9. The van der Waals surface area contributed by atoms with Crippen molar-refractivity contribution in [2.24, 2.45) is 7.05 Å². The van der Waals surface area contributed by atoms with E-state index in [1.54, 1.807) is 48.4 Å². The van der Waals surface area contributed by atoms with Crippen molar-refractivity contribution in [1.29, 1.82) is 0 Å². The smallest absolute Gasteiger partial charge is 0.344 e. The lowest BCUT2D eigenvalue weighted by Crippen LogP contribution is -2.34. The average Bonchev–Trinajstić information content (AvgIpc) is 3.58. The molecule has 3 aromatic heterocycles. The summed E-state index contributed by atoms with van der Waals surface area (Å²) in [5.41, 5.74) is 0.564. The Morgan fingerprint density at radius 2 is 2.08 bits per heavy atom. The van der Waals surface area contributed by atoms with E-state index in [0.29, 0.717) is 51.2 Å². The Bertz CT molecular complexity index is 1580. The van der Waals surface area contributed by atoms with Gasteiger partial charge >= 0.3 is 5.97 Å². The summed E-state index contributed by atoms with van der Waals surface area (Å²) in [6, 6.07) is 5.09. The molecule has 12 heteroatoms. The average molecular weight is 539 g/mol. The molecule has 1 N–H and O–H groups in total. The Kier molecular flexibility index (Phi) is 7.04. The Balaban J connectivity index is 1.81. The fourth-order valence-electron chi connectivity index (χ4n) is 4.91. The number of hydrogen-bond donors (Lipinski definition) is 1. The van der Waals surface area contributed by atoms with Gasteiger partial charge in [-0.15, -0.1) is 0 Å². The fourth-order valence-corrected chi connectivity index (χ4v) is 5.19. The van der Waals surface area contributed by atoms with Crippen molar-refractivity contribution >= 4 is 34.6 Å². The number of halogens is 1. The number of aliphatic hydroxyl groups is 1. The summed E-state index contributed by atoms with van der Waals surface area (Å²) >= 11 is 6.36. The Morgan fingerprint density at radius 1 is 1.26 bits per heavy atom. The second-order valence-corrected chi connectivity index (χ2v) is 9.45. The Morgan fingerprint density at radius 3 is 2.74 bits per heavy atom. The molecule has 198 valence electrons. The predicted octanol–water partition coefficient (Wildman–Crippen LogP) is 2.65. The van der Waals surface area contributed by atoms with Crippen LogP contribution in [0.25, 0.3) is 22.4 Å². The van der Waals surface area contributed by atoms with E-state index >= 15 is 0 Å². The topological polar surface area (TPSA) is 125 Å². The highest BCUT2D eigenvalue weighted by atomic mass is 35.5. The van der Waals surface area contributed by atoms with Gasteiger partial charge in [0, 0.05) is 37.6 Å². The highest BCUT2D eigenvalue weighted by molar-refractivity contribution is 6.32. The summed E-state index contributed by atoms with van der Waals surface area (Å²) in [7, 11) is 4.52. The maximum absolute atomic E-state index is 14.0. The third kappa shape index (κ3) is 4.37. The second-order valence-electron chi connectivity index (χ2n) is 9.04. The van der Waals surface area contributed by atoms with E-state index in [-0.39, 0.29) is 24.8 Å². The van der Waals surface area contributed by atoms with E-state index in [1.807, 2.05) is 4.90 Å². The van der Waals surface area contributed by atoms with Gasteiger partial charge in [-0.2, -0.15) is 4.98 Å². The SMILES string of the molecule is COC(=O)c1c(-c2nccn2C)c2cnc(N3CCC[C@H]3CO)nc2n(Cc2ccc(OC)c(Cl)c2)c1=O. The van der Waals surface area contributed by atoms with Gasteiger partial charge in [0.1, 0.15) is 22.8 Å². The van der Waals surface area contributed by atoms with Crippen molar-refractivity contribution in [3.63, 3.8) is 0 Å². The number of ether oxygens (including phenoxy) is 2. The number of benzene rings is 1. The number of carbonyl (C=O) groups is 1. The molecule has 5 rings (SSSR count). The van der Waals surface area contributed by atoms with Crippen LogP contribution in [0.1, 0.15) is 28.8 Å². The van der Waals surface area contributed by atoms with Gasteiger partial charge in [-0.25, -0.2) is 14.8 Å². The van der Waals surface area contributed by atoms with Crippen LogP contribution in [-0.2, 0) is 18.3 Å². The summed E-state index contributed by atoms with van der Waals surface area (Å²) in [5.74, 6) is 0.506. The lowest BCUT2D eigenvalue weighted by Gasteiger charge is -2.24. The minimum Gasteiger partial charge on any atom is -0.495 e. The van der Waals surface area contributed by atoms with Gasteiger partial charge in [0.05, 0.1) is 44.0 Å². The van der Waals surface area contributed by atoms with Crippen LogP contribution in [0.3, 0.4) is 0 Å². The molecule has 0 bridgehead atoms. The van der Waals surface area contributed by atoms with Crippen molar-refractivity contribution in [3.05, 3.63) is 63.3 Å². The highest BCUT2D eigenvalue weighted by Crippen LogP contribution is 2.32. The molecule has 1 aliphatic heterocycles. The molecule has 0 unspecified atom stereocenters. The van der Waals surface area contributed by atoms with Gasteiger partial charge in [0.15, 0.2) is 0 Å². The number of aryl methyl sites for hydroxylation is 1. The lowest BCUT2D eigenvalue weighted by atomic mass is 10.0. The number of esters is 1. The normalized spacial score (nSPS) is 15.3. The van der Waals surface area contributed by atoms with Gasteiger partial charge in [0.25, 0.3) is 5.56 Å². The molecule has 11 nitrogen and oxygen atoms in total. The van der Waals surface area contributed by atoms with E-state index in [1.165, 1.54) is 18.8 Å². The predicted molar refractivity (Wildman–Crippen MR) is 142 cm³/mol. The Hall–Kier alpha value is -3.96. The van der Waals surface area contributed by atoms with Crippen molar-refractivity contribution in [1.82, 2.24) is 24.1 Å². The van der Waals surface area contributed by atoms with E-state index in [4.69, 9.17) is 26.1 Å². The summed E-state index contributed by atoms with van der Waals surface area (Å²) in [6.45, 7) is 0.726. The monoisotopic (exact) mass is 538 g/mol. The van der Waals surface area contributed by atoms with Crippen LogP contribution in [0.15, 0.2) is 41.6 Å². The number of aromatic nitrogens is 5. The molecular weight excluding hydrogens is 512 g/mol. The number of anilines is 1. The first kappa shape index (κ1) is 25.7. The molecule has 0 radical (unpaired) electrons. The summed E-state index contributed by atoms with van der Waals surface area (Å²) < 4.78 is 13.4. The van der Waals surface area contributed by atoms with Crippen LogP contribution < -0.4 is 15.2 Å². The van der Waals surface area contributed by atoms with E-state index < -0.39 is 11.5 Å². The summed E-state index contributed by atoms with van der Waals surface area (Å²) in [5, 5.41) is 10.7. The molecule has 1 aliphatic rings.